The maximum Gasteiger partial charge on any atom is 0.303 e. The van der Waals surface area contributed by atoms with Gasteiger partial charge >= 0.3 is 5.97 Å². The van der Waals surface area contributed by atoms with Crippen LogP contribution >= 0.6 is 0 Å². The number of aliphatic carboxylic acids is 1. The molecule has 0 rings (SSSR count). The number of hydrogen-bond acceptors (Lipinski definition) is 2. The predicted octanol–water partition coefficient (Wildman–Crippen LogP) is 2.23. The van der Waals surface area contributed by atoms with Crippen LogP contribution in [0.5, 0.6) is 0 Å². The van der Waals surface area contributed by atoms with Crippen molar-refractivity contribution in [3.63, 3.8) is 0 Å². The molecule has 0 saturated carbocycles. The Labute approximate surface area is 62.3 Å². The van der Waals surface area contributed by atoms with E-state index in [0.717, 1.165) is 12.8 Å². The highest BCUT2D eigenvalue weighted by Crippen LogP contribution is 1.91. The summed E-state index contributed by atoms with van der Waals surface area (Å²) in [5.74, 6) is -0.693. The zero-order valence-electron chi connectivity index (χ0n) is 6.60. The number of carboxylic acids is 1. The van der Waals surface area contributed by atoms with Crippen LogP contribution < -0.4 is 6.15 Å². The normalized spacial score (nSPS) is 6.50. The zero-order chi connectivity index (χ0) is 7.70. The Kier molecular flexibility index (Phi) is 25.3. The molecule has 3 heteroatoms. The summed E-state index contributed by atoms with van der Waals surface area (Å²) in [6.07, 6.45) is 2.08. The molecule has 0 heterocycles. The Morgan fingerprint density at radius 2 is 1.90 bits per heavy atom. The van der Waals surface area contributed by atoms with E-state index in [9.17, 15) is 4.79 Å². The summed E-state index contributed by atoms with van der Waals surface area (Å²) in [5, 5.41) is 8.04. The summed E-state index contributed by atoms with van der Waals surface area (Å²) >= 11 is 0. The number of hydrogen-bond donors (Lipinski definition) is 2. The van der Waals surface area contributed by atoms with Crippen molar-refractivity contribution < 1.29 is 9.90 Å². The largest absolute Gasteiger partial charge is 0.481 e. The Balaban J connectivity index is -0.000000149. The number of rotatable bonds is 3. The molecule has 0 aliphatic carbocycles. The van der Waals surface area contributed by atoms with E-state index in [1.807, 2.05) is 6.92 Å². The highest BCUT2D eigenvalue weighted by atomic mass is 16.4. The molecule has 0 aromatic carbocycles. The Morgan fingerprint density at radius 3 is 2.00 bits per heavy atom. The molecular weight excluding hydrogens is 130 g/mol. The second kappa shape index (κ2) is 15.7. The van der Waals surface area contributed by atoms with E-state index < -0.39 is 5.97 Å². The van der Waals surface area contributed by atoms with Gasteiger partial charge in [0.05, 0.1) is 0 Å². The van der Waals surface area contributed by atoms with Gasteiger partial charge < -0.3 is 11.3 Å². The Morgan fingerprint density at radius 1 is 1.50 bits per heavy atom. The maximum absolute atomic E-state index is 9.76. The van der Waals surface area contributed by atoms with E-state index in [0.29, 0.717) is 6.42 Å². The van der Waals surface area contributed by atoms with Gasteiger partial charge in [-0.3, -0.25) is 4.79 Å². The molecule has 0 aliphatic heterocycles. The van der Waals surface area contributed by atoms with Crippen molar-refractivity contribution in [3.8, 4) is 0 Å². The summed E-state index contributed by atoms with van der Waals surface area (Å²) in [6, 6.07) is 0. The molecule has 0 aliphatic rings. The first-order valence-electron chi connectivity index (χ1n) is 2.99. The third-order valence-corrected chi connectivity index (χ3v) is 0.744. The lowest BCUT2D eigenvalue weighted by molar-refractivity contribution is -0.137. The van der Waals surface area contributed by atoms with Crippen molar-refractivity contribution in [2.24, 2.45) is 0 Å². The van der Waals surface area contributed by atoms with Gasteiger partial charge in [0.1, 0.15) is 0 Å². The predicted molar refractivity (Wildman–Crippen MR) is 43.4 cm³/mol. The minimum absolute atomic E-state index is 0. The summed E-state index contributed by atoms with van der Waals surface area (Å²) in [6.45, 7) is 7.98. The molecule has 0 radical (unpaired) electrons. The van der Waals surface area contributed by atoms with Crippen LogP contribution in [-0.4, -0.2) is 11.1 Å². The van der Waals surface area contributed by atoms with Crippen LogP contribution in [0.2, 0.25) is 0 Å². The Bertz CT molecular complexity index is 74.0. The molecule has 0 unspecified atom stereocenters. The molecular formula is C7H17NO2. The van der Waals surface area contributed by atoms with Crippen LogP contribution in [0.4, 0.5) is 0 Å². The van der Waals surface area contributed by atoms with Gasteiger partial charge in [-0.1, -0.05) is 13.3 Å². The fourth-order valence-corrected chi connectivity index (χ4v) is 0.328. The Hall–Kier alpha value is -0.830. The van der Waals surface area contributed by atoms with Crippen LogP contribution in [0.1, 0.15) is 26.2 Å². The quantitative estimate of drug-likeness (QED) is 0.601. The summed E-state index contributed by atoms with van der Waals surface area (Å²) in [5.41, 5.74) is 0. The molecule has 4 N–H and O–H groups in total. The molecule has 0 atom stereocenters. The molecule has 0 fully saturated rings. The standard InChI is InChI=1S/C5H10O2.C2H4.H3N/c1-2-3-4-5(6)7;1-2;/h2-4H2,1H3,(H,6,7);1-2H2;1H3. The lowest BCUT2D eigenvalue weighted by Crippen LogP contribution is -1.91. The highest BCUT2D eigenvalue weighted by molar-refractivity contribution is 5.66. The van der Waals surface area contributed by atoms with Gasteiger partial charge in [-0.05, 0) is 6.42 Å². The fraction of sp³-hybridized carbons (Fsp3) is 0.571. The van der Waals surface area contributed by atoms with Gasteiger partial charge in [0.25, 0.3) is 0 Å². The van der Waals surface area contributed by atoms with E-state index in [2.05, 4.69) is 13.2 Å². The van der Waals surface area contributed by atoms with Crippen LogP contribution in [-0.2, 0) is 4.79 Å². The van der Waals surface area contributed by atoms with E-state index >= 15 is 0 Å². The lowest BCUT2D eigenvalue weighted by atomic mass is 10.3. The topological polar surface area (TPSA) is 72.3 Å². The summed E-state index contributed by atoms with van der Waals surface area (Å²) in [7, 11) is 0. The van der Waals surface area contributed by atoms with Gasteiger partial charge in [-0.15, -0.1) is 13.2 Å². The van der Waals surface area contributed by atoms with Crippen LogP contribution in [0.3, 0.4) is 0 Å². The zero-order valence-corrected chi connectivity index (χ0v) is 6.60. The molecule has 3 nitrogen and oxygen atoms in total. The SMILES string of the molecule is C=C.CCCCC(=O)O.N. The van der Waals surface area contributed by atoms with E-state index in [1.165, 1.54) is 0 Å². The molecule has 0 aromatic heterocycles. The number of carboxylic acid groups (broad SMARTS) is 1. The smallest absolute Gasteiger partial charge is 0.303 e. The van der Waals surface area contributed by atoms with Crippen molar-refractivity contribution in [2.75, 3.05) is 0 Å². The van der Waals surface area contributed by atoms with Crippen molar-refractivity contribution >= 4 is 5.97 Å². The number of carbonyl (C=O) groups is 1. The average molecular weight is 147 g/mol. The second-order valence-electron chi connectivity index (χ2n) is 1.50. The highest BCUT2D eigenvalue weighted by Gasteiger charge is 1.90. The number of unbranched alkanes of at least 4 members (excludes halogenated alkanes) is 1. The van der Waals surface area contributed by atoms with Gasteiger partial charge in [0.2, 0.25) is 0 Å². The molecule has 10 heavy (non-hydrogen) atoms. The third-order valence-electron chi connectivity index (χ3n) is 0.744. The molecule has 0 saturated heterocycles. The van der Waals surface area contributed by atoms with E-state index in [-0.39, 0.29) is 6.15 Å². The third kappa shape index (κ3) is 27.2. The van der Waals surface area contributed by atoms with Crippen molar-refractivity contribution in [3.05, 3.63) is 13.2 Å². The van der Waals surface area contributed by atoms with Crippen LogP contribution in [0, 0.1) is 0 Å². The van der Waals surface area contributed by atoms with Crippen LogP contribution in [0.15, 0.2) is 13.2 Å². The molecule has 62 valence electrons. The van der Waals surface area contributed by atoms with Gasteiger partial charge in [0.15, 0.2) is 0 Å². The van der Waals surface area contributed by atoms with Crippen molar-refractivity contribution in [2.45, 2.75) is 26.2 Å². The van der Waals surface area contributed by atoms with E-state index in [4.69, 9.17) is 5.11 Å². The second-order valence-corrected chi connectivity index (χ2v) is 1.50. The maximum atomic E-state index is 9.76. The monoisotopic (exact) mass is 147 g/mol. The first-order chi connectivity index (χ1) is 4.27. The van der Waals surface area contributed by atoms with E-state index in [1.54, 1.807) is 0 Å². The molecule has 0 amide bonds. The van der Waals surface area contributed by atoms with Crippen molar-refractivity contribution in [1.29, 1.82) is 0 Å². The van der Waals surface area contributed by atoms with Crippen molar-refractivity contribution in [1.82, 2.24) is 6.15 Å². The fourth-order valence-electron chi connectivity index (χ4n) is 0.328. The first kappa shape index (κ1) is 16.1. The van der Waals surface area contributed by atoms with Crippen LogP contribution in [0.25, 0.3) is 0 Å². The first-order valence-corrected chi connectivity index (χ1v) is 2.99. The molecule has 0 aromatic rings. The lowest BCUT2D eigenvalue weighted by Gasteiger charge is -1.85. The summed E-state index contributed by atoms with van der Waals surface area (Å²) in [4.78, 5) is 9.76. The minimum atomic E-state index is -0.693. The molecule has 0 spiro atoms. The van der Waals surface area contributed by atoms with Gasteiger partial charge in [0, 0.05) is 6.42 Å². The average Bonchev–Trinajstić information content (AvgIpc) is 1.88. The van der Waals surface area contributed by atoms with Gasteiger partial charge in [-0.25, -0.2) is 0 Å². The van der Waals surface area contributed by atoms with Gasteiger partial charge in [-0.2, -0.15) is 0 Å². The summed E-state index contributed by atoms with van der Waals surface area (Å²) < 4.78 is 0. The minimum Gasteiger partial charge on any atom is -0.481 e. The molecule has 0 bridgehead atoms.